The van der Waals surface area contributed by atoms with Crippen LogP contribution in [0.15, 0.2) is 175 Å². The van der Waals surface area contributed by atoms with Crippen molar-refractivity contribution in [2.45, 2.75) is 339 Å². The van der Waals surface area contributed by atoms with Gasteiger partial charge in [-0.1, -0.05) is 303 Å². The quantitative estimate of drug-likeness (QED) is 0.0137. The topological polar surface area (TPSA) is 275 Å². The van der Waals surface area contributed by atoms with Crippen LogP contribution in [0, 0.1) is 11.2 Å². The molecule has 8 bridgehead atoms. The zero-order valence-corrected chi connectivity index (χ0v) is 92.3. The average molecular weight is 2010 g/mol. The number of fused-ring (bicyclic) bond motifs is 8. The summed E-state index contributed by atoms with van der Waals surface area (Å²) >= 11 is 0. The highest BCUT2D eigenvalue weighted by Gasteiger charge is 2.35. The van der Waals surface area contributed by atoms with E-state index in [9.17, 15) is 38.4 Å². The molecule has 8 N–H and O–H groups in total. The van der Waals surface area contributed by atoms with E-state index >= 15 is 4.39 Å². The van der Waals surface area contributed by atoms with Crippen molar-refractivity contribution in [1.29, 1.82) is 0 Å². The molecule has 19 nitrogen and oxygen atoms in total. The van der Waals surface area contributed by atoms with E-state index in [2.05, 4.69) is 284 Å². The number of hydrogen-bond donors (Lipinski definition) is 8. The van der Waals surface area contributed by atoms with E-state index in [1.165, 1.54) is 64.4 Å². The Labute approximate surface area is 882 Å². The van der Waals surface area contributed by atoms with Crippen molar-refractivity contribution >= 4 is 116 Å². The number of aromatic nitrogens is 4. The molecule has 784 valence electrons. The van der Waals surface area contributed by atoms with E-state index in [4.69, 9.17) is 14.7 Å². The molecule has 4 aliphatic rings. The second kappa shape index (κ2) is 46.7. The molecular weight excluding hydrogens is 1850 g/mol. The maximum atomic E-state index is 15.6. The maximum absolute atomic E-state index is 15.6. The van der Waals surface area contributed by atoms with Gasteiger partial charge in [-0.25, -0.2) is 14.4 Å². The number of benzene rings is 7. The highest BCUT2D eigenvalue weighted by atomic mass is 19.1. The summed E-state index contributed by atoms with van der Waals surface area (Å²) in [6.45, 7) is 50.8. The van der Waals surface area contributed by atoms with Gasteiger partial charge in [0.15, 0.2) is 11.6 Å². The van der Waals surface area contributed by atoms with Gasteiger partial charge in [0.25, 0.3) is 23.6 Å². The summed E-state index contributed by atoms with van der Waals surface area (Å²) in [6.07, 6.45) is 28.4. The Bertz CT molecular complexity index is 6810. The molecule has 6 amide bonds. The molecule has 2 aliphatic carbocycles. The summed E-state index contributed by atoms with van der Waals surface area (Å²) in [5, 5.41) is 18.4. The number of nitrogens with one attached hydrogen (secondary N) is 8. The number of rotatable bonds is 35. The zero-order valence-electron chi connectivity index (χ0n) is 92.3. The van der Waals surface area contributed by atoms with Gasteiger partial charge in [0, 0.05) is 132 Å². The molecular formula is C129H157FN10O9. The van der Waals surface area contributed by atoms with Crippen molar-refractivity contribution in [2.75, 3.05) is 29.1 Å². The van der Waals surface area contributed by atoms with Crippen LogP contribution in [0.1, 0.15) is 397 Å². The monoisotopic (exact) mass is 2010 g/mol. The summed E-state index contributed by atoms with van der Waals surface area (Å²) in [7, 11) is 0. The van der Waals surface area contributed by atoms with Crippen LogP contribution >= 0.6 is 0 Å². The van der Waals surface area contributed by atoms with Crippen LogP contribution in [0.5, 0.6) is 5.75 Å². The number of ketones is 2. The Balaban J connectivity index is 0.758. The molecule has 7 aromatic carbocycles. The summed E-state index contributed by atoms with van der Waals surface area (Å²) in [5.74, 6) is -3.89. The highest BCUT2D eigenvalue weighted by molar-refractivity contribution is 6.35. The minimum absolute atomic E-state index is 0.0366. The van der Waals surface area contributed by atoms with Crippen molar-refractivity contribution in [3.8, 4) is 50.3 Å². The predicted molar refractivity (Wildman–Crippen MR) is 611 cm³/mol. The Hall–Kier alpha value is -13.5. The molecule has 0 spiro atoms. The lowest BCUT2D eigenvalue weighted by atomic mass is 9.78. The van der Waals surface area contributed by atoms with E-state index in [1.807, 2.05) is 45.0 Å². The SMILES string of the molecule is CCCCCCCCCC(=O)Nc1cc(NC(=O)CCCCCCCCC)cc(C(=O)Nc2ccc(C(=O)NC3CCC(NC(=O)c4ccc(-c5c6nc(c(-c7cc(C(C)(C)C)cc(C(C)(C)C)c7)c7ccc([nH]7)c(-c7cc(C(C)(C)C)cc(C(C)(C)C)c7)c7nc(c(-c8cc(C(C)(C)C)cc(C(C)(C)C)c8)c8ccc5[nH]8)C=C7)C=C6)cc4)CC3)c(OCCCNC(=O)c3ccc(F)c(C4=CC(=O)C(C(C)(C)C)=CC4=O)c3)c2)c1. The maximum Gasteiger partial charge on any atom is 0.255 e. The molecule has 0 atom stereocenters. The fraction of sp³-hybridized carbons (Fsp3) is 0.426. The van der Waals surface area contributed by atoms with E-state index in [1.54, 1.807) is 36.4 Å². The van der Waals surface area contributed by atoms with Gasteiger partial charge in [0.2, 0.25) is 11.8 Å². The van der Waals surface area contributed by atoms with Crippen LogP contribution in [-0.2, 0) is 51.7 Å². The average Bonchev–Trinajstić information content (AvgIpc) is 1.60. The summed E-state index contributed by atoms with van der Waals surface area (Å²) in [5.41, 5.74) is 21.5. The number of carbonyl (C=O) groups excluding carboxylic acids is 8. The number of nitrogens with zero attached hydrogens (tertiary/aromatic N) is 2. The number of allylic oxidation sites excluding steroid dienone is 4. The number of unbranched alkanes of at least 4 members (excludes halogenated alkanes) is 12. The number of amides is 6. The van der Waals surface area contributed by atoms with E-state index in [0.29, 0.717) is 61.0 Å². The molecule has 0 unspecified atom stereocenters. The lowest BCUT2D eigenvalue weighted by Gasteiger charge is -2.30. The lowest BCUT2D eigenvalue weighted by Crippen LogP contribution is -2.43. The number of H-pyrrole nitrogens is 2. The van der Waals surface area contributed by atoms with Crippen molar-refractivity contribution in [2.24, 2.45) is 5.41 Å². The molecule has 14 rings (SSSR count). The Morgan fingerprint density at radius 1 is 0.356 bits per heavy atom. The minimum Gasteiger partial charge on any atom is -0.493 e. The predicted octanol–water partition coefficient (Wildman–Crippen LogP) is 30.8. The number of ether oxygens (including phenoxy) is 1. The number of aromatic amines is 2. The largest absolute Gasteiger partial charge is 0.493 e. The van der Waals surface area contributed by atoms with E-state index in [0.717, 1.165) is 166 Å². The third-order valence-electron chi connectivity index (χ3n) is 29.0. The molecule has 3 aromatic heterocycles. The summed E-state index contributed by atoms with van der Waals surface area (Å²) in [4.78, 5) is 132. The molecule has 0 saturated heterocycles. The van der Waals surface area contributed by atoms with Gasteiger partial charge in [0.05, 0.1) is 34.9 Å². The van der Waals surface area contributed by atoms with Gasteiger partial charge < -0.3 is 46.6 Å². The van der Waals surface area contributed by atoms with Crippen molar-refractivity contribution in [3.63, 3.8) is 0 Å². The fourth-order valence-electron chi connectivity index (χ4n) is 19.8. The van der Waals surface area contributed by atoms with Crippen LogP contribution in [0.25, 0.3) is 96.5 Å². The standard InChI is InChI=1S/C129H157FN10O9/c1-24-26-28-30-32-34-36-39-113(143)132-95-69-85(70-96(75-95)133-114(144)40-37-35-33-31-29-27-25-2)121(147)136-94-50-51-97(112(76-94)149-62-38-61-131-119(145)81-45-52-101(130)98(71-81)99-77-111(142)100(78-110(99)141)129(21,22)23)122(148)135-93-48-46-92(47-49-93)134-120(146)80-43-41-79(42-44-80)115-102-53-55-104(137-102)116(82-63-86(123(3,4)5)72-87(64-82)124(6,7)8)106-57-59-108(139-106)118(84-67-90(127(15,16)17)74-91(68-84)128(18,19)20)109-60-58-107(140-109)117(105-56-54-103(115)138-105)83-65-88(125(9,10)11)73-89(66-83)126(12,13)14/h41-45,50-60,63-78,92-93,137,140H,24-40,46-49,61-62H2,1-23H3,(H,131,145)(H,132,143)(H,133,144)(H,134,146)(H,135,148)(H,136,147). The van der Waals surface area contributed by atoms with Crippen LogP contribution in [0.3, 0.4) is 0 Å². The fourth-order valence-corrected chi connectivity index (χ4v) is 19.8. The van der Waals surface area contributed by atoms with Gasteiger partial charge >= 0.3 is 0 Å². The summed E-state index contributed by atoms with van der Waals surface area (Å²) < 4.78 is 22.0. The molecule has 1 saturated carbocycles. The number of halogens is 1. The number of anilines is 3. The Kier molecular flexibility index (Phi) is 34.9. The molecule has 149 heavy (non-hydrogen) atoms. The summed E-state index contributed by atoms with van der Waals surface area (Å²) in [6, 6.07) is 50.3. The molecule has 0 radical (unpaired) electrons. The van der Waals surface area contributed by atoms with E-state index in [-0.39, 0.29) is 134 Å². The number of hydrogen-bond acceptors (Lipinski definition) is 11. The second-order valence-corrected chi connectivity index (χ2v) is 48.5. The minimum atomic E-state index is -0.775. The molecule has 5 heterocycles. The normalized spacial score (nSPS) is 14.7. The van der Waals surface area contributed by atoms with Crippen LogP contribution < -0.4 is 36.6 Å². The van der Waals surface area contributed by atoms with Crippen LogP contribution in [-0.4, -0.2) is 92.2 Å². The van der Waals surface area contributed by atoms with Gasteiger partial charge in [-0.05, 0) is 260 Å². The first kappa shape index (κ1) is 111. The third kappa shape index (κ3) is 28.4. The number of carbonyl (C=O) groups is 8. The Morgan fingerprint density at radius 2 is 0.745 bits per heavy atom. The van der Waals surface area contributed by atoms with Gasteiger partial charge in [-0.15, -0.1) is 0 Å². The molecule has 1 fully saturated rings. The van der Waals surface area contributed by atoms with Gasteiger partial charge in [-0.3, -0.25) is 38.4 Å². The molecule has 20 heteroatoms. The second-order valence-electron chi connectivity index (χ2n) is 48.5. The first-order chi connectivity index (χ1) is 70.3. The first-order valence-corrected chi connectivity index (χ1v) is 54.2. The third-order valence-corrected chi connectivity index (χ3v) is 29.0. The van der Waals surface area contributed by atoms with Crippen molar-refractivity contribution in [3.05, 3.63) is 265 Å². The van der Waals surface area contributed by atoms with Crippen molar-refractivity contribution < 1.29 is 47.5 Å². The smallest absolute Gasteiger partial charge is 0.255 e. The first-order valence-electron chi connectivity index (χ1n) is 54.2. The van der Waals surface area contributed by atoms with Crippen molar-refractivity contribution in [1.82, 2.24) is 35.9 Å². The van der Waals surface area contributed by atoms with Crippen LogP contribution in [0.4, 0.5) is 21.5 Å². The van der Waals surface area contributed by atoms with E-state index < -0.39 is 40.5 Å². The zero-order chi connectivity index (χ0) is 108. The lowest BCUT2D eigenvalue weighted by molar-refractivity contribution is -0.117. The molecule has 2 aliphatic heterocycles. The molecule has 10 aromatic rings. The highest BCUT2D eigenvalue weighted by Crippen LogP contribution is 2.46. The van der Waals surface area contributed by atoms with Gasteiger partial charge in [0.1, 0.15) is 11.6 Å². The van der Waals surface area contributed by atoms with Crippen LogP contribution in [0.2, 0.25) is 0 Å². The Morgan fingerprint density at radius 3 is 1.15 bits per heavy atom. The van der Waals surface area contributed by atoms with Gasteiger partial charge in [-0.2, -0.15) is 0 Å².